The molecule has 0 aromatic heterocycles. The van der Waals surface area contributed by atoms with E-state index in [1.54, 1.807) is 12.1 Å². The maximum atomic E-state index is 12.0. The second-order valence-electron chi connectivity index (χ2n) is 6.27. The molecule has 1 aliphatic heterocycles. The lowest BCUT2D eigenvalue weighted by Crippen LogP contribution is -2.45. The fourth-order valence-corrected chi connectivity index (χ4v) is 2.75. The molecule has 152 valence electrons. The van der Waals surface area contributed by atoms with Crippen LogP contribution in [0.3, 0.4) is 0 Å². The van der Waals surface area contributed by atoms with Crippen molar-refractivity contribution in [3.8, 4) is 0 Å². The highest BCUT2D eigenvalue weighted by Crippen LogP contribution is 2.03. The maximum Gasteiger partial charge on any atom is 0.251 e. The van der Waals surface area contributed by atoms with Crippen LogP contribution in [0, 0.1) is 0 Å². The molecule has 1 unspecified atom stereocenters. The second-order valence-corrected chi connectivity index (χ2v) is 6.27. The predicted molar refractivity (Wildman–Crippen MR) is 120 cm³/mol. The van der Waals surface area contributed by atoms with Gasteiger partial charge in [-0.1, -0.05) is 18.2 Å². The molecular formula is C19H32IN5O2. The predicted octanol–water partition coefficient (Wildman–Crippen LogP) is 1.31. The zero-order valence-electron chi connectivity index (χ0n) is 16.2. The molecule has 1 aromatic carbocycles. The number of carbonyl (C=O) groups is 1. The standard InChI is InChI=1S/C19H31N5O2.HI/c1-3-20-19(23-15-16(2)24-11-13-26-14-12-24)22-10-9-21-18(25)17-7-5-4-6-8-17;/h4-8,16H,3,9-15H2,1-2H3,(H,21,25)(H2,20,22,23);1H. The molecule has 1 atom stereocenters. The topological polar surface area (TPSA) is 78.0 Å². The Bertz CT molecular complexity index is 564. The molecule has 1 saturated heterocycles. The second kappa shape index (κ2) is 13.7. The Morgan fingerprint density at radius 1 is 1.15 bits per heavy atom. The monoisotopic (exact) mass is 489 g/mol. The Balaban J connectivity index is 0.00000364. The summed E-state index contributed by atoms with van der Waals surface area (Å²) in [7, 11) is 0. The number of hydrogen-bond acceptors (Lipinski definition) is 4. The molecule has 1 fully saturated rings. The van der Waals surface area contributed by atoms with Crippen molar-refractivity contribution in [2.75, 3.05) is 52.5 Å². The molecule has 7 nitrogen and oxygen atoms in total. The number of benzene rings is 1. The van der Waals surface area contributed by atoms with Crippen molar-refractivity contribution < 1.29 is 9.53 Å². The number of halogens is 1. The number of guanidine groups is 1. The third kappa shape index (κ3) is 8.89. The number of nitrogens with one attached hydrogen (secondary N) is 3. The molecular weight excluding hydrogens is 457 g/mol. The van der Waals surface area contributed by atoms with Crippen LogP contribution in [0.2, 0.25) is 0 Å². The first-order valence-electron chi connectivity index (χ1n) is 9.38. The number of aliphatic imine (C=N–C) groups is 1. The minimum absolute atomic E-state index is 0. The lowest BCUT2D eigenvalue weighted by molar-refractivity contribution is 0.0220. The largest absolute Gasteiger partial charge is 0.379 e. The van der Waals surface area contributed by atoms with E-state index in [-0.39, 0.29) is 29.9 Å². The van der Waals surface area contributed by atoms with Crippen LogP contribution in [-0.4, -0.2) is 75.3 Å². The maximum absolute atomic E-state index is 12.0. The van der Waals surface area contributed by atoms with Crippen molar-refractivity contribution in [1.29, 1.82) is 0 Å². The van der Waals surface area contributed by atoms with Crippen LogP contribution < -0.4 is 16.0 Å². The first kappa shape index (κ1) is 23.6. The van der Waals surface area contributed by atoms with Gasteiger partial charge in [0.2, 0.25) is 0 Å². The number of nitrogens with zero attached hydrogens (tertiary/aromatic N) is 2. The molecule has 0 aliphatic carbocycles. The van der Waals surface area contributed by atoms with Gasteiger partial charge in [-0.15, -0.1) is 24.0 Å². The normalized spacial score (nSPS) is 16.1. The highest BCUT2D eigenvalue weighted by molar-refractivity contribution is 14.0. The van der Waals surface area contributed by atoms with Gasteiger partial charge in [0.25, 0.3) is 5.91 Å². The number of rotatable bonds is 8. The molecule has 1 aromatic rings. The lowest BCUT2D eigenvalue weighted by atomic mass is 10.2. The summed E-state index contributed by atoms with van der Waals surface area (Å²) < 4.78 is 5.39. The van der Waals surface area contributed by atoms with E-state index in [1.165, 1.54) is 0 Å². The van der Waals surface area contributed by atoms with E-state index in [4.69, 9.17) is 4.74 Å². The summed E-state index contributed by atoms with van der Waals surface area (Å²) in [5, 5.41) is 9.42. The number of morpholine rings is 1. The minimum atomic E-state index is -0.0599. The van der Waals surface area contributed by atoms with E-state index in [0.717, 1.165) is 45.4 Å². The lowest BCUT2D eigenvalue weighted by Gasteiger charge is -2.31. The van der Waals surface area contributed by atoms with E-state index in [2.05, 4.69) is 32.8 Å². The summed E-state index contributed by atoms with van der Waals surface area (Å²) >= 11 is 0. The van der Waals surface area contributed by atoms with E-state index in [9.17, 15) is 4.79 Å². The molecule has 1 amide bonds. The van der Waals surface area contributed by atoms with Crippen molar-refractivity contribution in [2.24, 2.45) is 4.99 Å². The molecule has 27 heavy (non-hydrogen) atoms. The Hall–Kier alpha value is -1.39. The Morgan fingerprint density at radius 3 is 2.48 bits per heavy atom. The fourth-order valence-electron chi connectivity index (χ4n) is 2.75. The molecule has 1 aliphatic rings. The SMILES string of the molecule is CCNC(=NCC(C)N1CCOCC1)NCCNC(=O)c1ccccc1.I. The first-order chi connectivity index (χ1) is 12.7. The van der Waals surface area contributed by atoms with Crippen LogP contribution in [0.25, 0.3) is 0 Å². The number of amides is 1. The average Bonchev–Trinajstić information content (AvgIpc) is 2.70. The fraction of sp³-hybridized carbons (Fsp3) is 0.579. The first-order valence-corrected chi connectivity index (χ1v) is 9.38. The highest BCUT2D eigenvalue weighted by Gasteiger charge is 2.16. The van der Waals surface area contributed by atoms with Gasteiger partial charge in [-0.3, -0.25) is 14.7 Å². The molecule has 0 saturated carbocycles. The van der Waals surface area contributed by atoms with Crippen LogP contribution in [0.5, 0.6) is 0 Å². The van der Waals surface area contributed by atoms with Crippen LogP contribution in [0.15, 0.2) is 35.3 Å². The average molecular weight is 489 g/mol. The summed E-state index contributed by atoms with van der Waals surface area (Å²) in [6.07, 6.45) is 0. The van der Waals surface area contributed by atoms with Gasteiger partial charge < -0.3 is 20.7 Å². The summed E-state index contributed by atoms with van der Waals surface area (Å²) in [6.45, 7) is 10.4. The van der Waals surface area contributed by atoms with Gasteiger partial charge in [0.15, 0.2) is 5.96 Å². The van der Waals surface area contributed by atoms with E-state index in [1.807, 2.05) is 25.1 Å². The third-order valence-electron chi connectivity index (χ3n) is 4.27. The van der Waals surface area contributed by atoms with Gasteiger partial charge in [-0.25, -0.2) is 0 Å². The smallest absolute Gasteiger partial charge is 0.251 e. The van der Waals surface area contributed by atoms with Gasteiger partial charge in [0.1, 0.15) is 0 Å². The van der Waals surface area contributed by atoms with E-state index >= 15 is 0 Å². The molecule has 0 radical (unpaired) electrons. The summed E-state index contributed by atoms with van der Waals surface area (Å²) in [5.74, 6) is 0.719. The molecule has 8 heteroatoms. The number of carbonyl (C=O) groups excluding carboxylic acids is 1. The van der Waals surface area contributed by atoms with Crippen LogP contribution in [-0.2, 0) is 4.74 Å². The zero-order chi connectivity index (χ0) is 18.6. The van der Waals surface area contributed by atoms with Crippen LogP contribution in [0.1, 0.15) is 24.2 Å². The van der Waals surface area contributed by atoms with Crippen LogP contribution in [0.4, 0.5) is 0 Å². The quantitative estimate of drug-likeness (QED) is 0.222. The van der Waals surface area contributed by atoms with Gasteiger partial charge in [0, 0.05) is 44.3 Å². The Kier molecular flexibility index (Phi) is 12.0. The van der Waals surface area contributed by atoms with Crippen LogP contribution >= 0.6 is 24.0 Å². The molecule has 1 heterocycles. The summed E-state index contributed by atoms with van der Waals surface area (Å²) in [4.78, 5) is 19.1. The number of hydrogen-bond donors (Lipinski definition) is 3. The van der Waals surface area contributed by atoms with Gasteiger partial charge in [-0.05, 0) is 26.0 Å². The molecule has 0 bridgehead atoms. The molecule has 0 spiro atoms. The Labute approximate surface area is 179 Å². The van der Waals surface area contributed by atoms with E-state index in [0.29, 0.717) is 24.7 Å². The van der Waals surface area contributed by atoms with E-state index < -0.39 is 0 Å². The summed E-state index contributed by atoms with van der Waals surface area (Å²) in [5.41, 5.74) is 0.674. The third-order valence-corrected chi connectivity index (χ3v) is 4.27. The minimum Gasteiger partial charge on any atom is -0.379 e. The van der Waals surface area contributed by atoms with Gasteiger partial charge in [-0.2, -0.15) is 0 Å². The van der Waals surface area contributed by atoms with Crippen molar-refractivity contribution in [3.63, 3.8) is 0 Å². The Morgan fingerprint density at radius 2 is 1.81 bits per heavy atom. The summed E-state index contributed by atoms with van der Waals surface area (Å²) in [6, 6.07) is 9.61. The van der Waals surface area contributed by atoms with Crippen molar-refractivity contribution in [1.82, 2.24) is 20.9 Å². The van der Waals surface area contributed by atoms with Gasteiger partial charge in [0.05, 0.1) is 19.8 Å². The zero-order valence-corrected chi connectivity index (χ0v) is 18.6. The highest BCUT2D eigenvalue weighted by atomic mass is 127. The molecule has 2 rings (SSSR count). The molecule has 3 N–H and O–H groups in total. The van der Waals surface area contributed by atoms with Crippen molar-refractivity contribution in [3.05, 3.63) is 35.9 Å². The van der Waals surface area contributed by atoms with Gasteiger partial charge >= 0.3 is 0 Å². The number of ether oxygens (including phenoxy) is 1. The van der Waals surface area contributed by atoms with Crippen molar-refractivity contribution in [2.45, 2.75) is 19.9 Å². The van der Waals surface area contributed by atoms with Crippen molar-refractivity contribution >= 4 is 35.8 Å².